The molecule has 2 aromatic rings. The first kappa shape index (κ1) is 20.7. The summed E-state index contributed by atoms with van der Waals surface area (Å²) in [5, 5.41) is 0. The molecule has 0 aliphatic heterocycles. The van der Waals surface area contributed by atoms with Gasteiger partial charge in [0.25, 0.3) is 0 Å². The summed E-state index contributed by atoms with van der Waals surface area (Å²) in [6.07, 6.45) is -0.0161. The molecular formula is C20H22FNO4S2. The number of allylic oxidation sites excluding steroid dienone is 1. The molecule has 0 radical (unpaired) electrons. The molecule has 2 unspecified atom stereocenters. The molecule has 5 nitrogen and oxygen atoms in total. The van der Waals surface area contributed by atoms with Gasteiger partial charge in [-0.15, -0.1) is 0 Å². The van der Waals surface area contributed by atoms with Crippen LogP contribution in [-0.4, -0.2) is 29.0 Å². The fourth-order valence-electron chi connectivity index (χ4n) is 3.08. The second-order valence-electron chi connectivity index (χ2n) is 6.87. The van der Waals surface area contributed by atoms with Crippen molar-refractivity contribution < 1.29 is 21.2 Å². The van der Waals surface area contributed by atoms with Gasteiger partial charge in [-0.2, -0.15) is 0 Å². The summed E-state index contributed by atoms with van der Waals surface area (Å²) >= 11 is 0. The van der Waals surface area contributed by atoms with Gasteiger partial charge < -0.3 is 0 Å². The molecular weight excluding hydrogens is 401 g/mol. The fourth-order valence-corrected chi connectivity index (χ4v) is 5.86. The Kier molecular flexibility index (Phi) is 6.02. The molecule has 28 heavy (non-hydrogen) atoms. The highest BCUT2D eigenvalue weighted by atomic mass is 32.2. The molecule has 1 aliphatic carbocycles. The number of nitrogens with one attached hydrogen (secondary N) is 1. The summed E-state index contributed by atoms with van der Waals surface area (Å²) in [4.78, 5) is 0.0517. The zero-order valence-electron chi connectivity index (χ0n) is 15.4. The maximum absolute atomic E-state index is 14.2. The molecule has 0 saturated heterocycles. The lowest BCUT2D eigenvalue weighted by atomic mass is 10.1. The highest BCUT2D eigenvalue weighted by Gasteiger charge is 2.30. The van der Waals surface area contributed by atoms with Crippen LogP contribution < -0.4 is 4.72 Å². The molecule has 2 aromatic carbocycles. The van der Waals surface area contributed by atoms with Crippen LogP contribution in [-0.2, 0) is 19.9 Å². The van der Waals surface area contributed by atoms with Crippen molar-refractivity contribution in [3.63, 3.8) is 0 Å². The third kappa shape index (κ3) is 4.68. The first-order valence-corrected chi connectivity index (χ1v) is 11.9. The molecule has 0 fully saturated rings. The van der Waals surface area contributed by atoms with Crippen molar-refractivity contribution in [2.24, 2.45) is 0 Å². The Balaban J connectivity index is 1.93. The van der Waals surface area contributed by atoms with Crippen LogP contribution in [0.15, 0.2) is 75.4 Å². The second kappa shape index (κ2) is 8.14. The number of benzene rings is 2. The van der Waals surface area contributed by atoms with Gasteiger partial charge in [-0.25, -0.2) is 25.9 Å². The predicted octanol–water partition coefficient (Wildman–Crippen LogP) is 3.52. The highest BCUT2D eigenvalue weighted by Crippen LogP contribution is 2.29. The monoisotopic (exact) mass is 423 g/mol. The topological polar surface area (TPSA) is 80.3 Å². The molecule has 0 heterocycles. The zero-order valence-corrected chi connectivity index (χ0v) is 17.0. The van der Waals surface area contributed by atoms with E-state index < -0.39 is 32.1 Å². The molecule has 150 valence electrons. The number of alkyl halides is 1. The lowest BCUT2D eigenvalue weighted by molar-refractivity contribution is 0.309. The van der Waals surface area contributed by atoms with Crippen LogP contribution in [0.4, 0.5) is 4.39 Å². The fraction of sp³-hybridized carbons (Fsp3) is 0.300. The van der Waals surface area contributed by atoms with E-state index in [1.54, 1.807) is 30.3 Å². The number of hydrogen-bond donors (Lipinski definition) is 1. The van der Waals surface area contributed by atoms with E-state index in [1.807, 2.05) is 6.92 Å². The molecule has 1 aliphatic rings. The van der Waals surface area contributed by atoms with Crippen LogP contribution >= 0.6 is 0 Å². The summed E-state index contributed by atoms with van der Waals surface area (Å²) in [5.74, 6) is 0. The normalized spacial score (nSPS) is 21.0. The molecule has 8 heteroatoms. The predicted molar refractivity (Wildman–Crippen MR) is 106 cm³/mol. The van der Waals surface area contributed by atoms with E-state index in [2.05, 4.69) is 4.72 Å². The molecule has 2 atom stereocenters. The van der Waals surface area contributed by atoms with Gasteiger partial charge in [-0.05, 0) is 44.0 Å². The SMILES string of the molecule is Cc1ccc(S(=O)(=O)NC2C=C(S(=O)(=O)c3ccccc3)CC(F)CC2)cc1. The minimum Gasteiger partial charge on any atom is -0.247 e. The molecule has 0 aromatic heterocycles. The minimum absolute atomic E-state index is 0.0653. The van der Waals surface area contributed by atoms with Crippen molar-refractivity contribution in [3.8, 4) is 0 Å². The van der Waals surface area contributed by atoms with E-state index in [4.69, 9.17) is 0 Å². The summed E-state index contributed by atoms with van der Waals surface area (Å²) in [5.41, 5.74) is 0.921. The maximum atomic E-state index is 14.2. The summed E-state index contributed by atoms with van der Waals surface area (Å²) < 4.78 is 67.8. The average molecular weight is 424 g/mol. The number of hydrogen-bond acceptors (Lipinski definition) is 4. The zero-order chi connectivity index (χ0) is 20.4. The van der Waals surface area contributed by atoms with Gasteiger partial charge in [-0.3, -0.25) is 0 Å². The van der Waals surface area contributed by atoms with Gasteiger partial charge >= 0.3 is 0 Å². The lowest BCUT2D eigenvalue weighted by Crippen LogP contribution is -2.33. The molecule has 1 N–H and O–H groups in total. The molecule has 0 saturated carbocycles. The number of halogens is 1. The van der Waals surface area contributed by atoms with Gasteiger partial charge in [0.05, 0.1) is 9.79 Å². The van der Waals surface area contributed by atoms with Crippen molar-refractivity contribution in [1.29, 1.82) is 0 Å². The van der Waals surface area contributed by atoms with E-state index in [0.29, 0.717) is 0 Å². The standard InChI is InChI=1S/C20H22FNO4S2/c1-15-7-11-19(12-8-15)28(25,26)22-17-10-9-16(21)13-20(14-17)27(23,24)18-5-3-2-4-6-18/h2-8,11-12,14,16-17,22H,9-10,13H2,1H3. The summed E-state index contributed by atoms with van der Waals surface area (Å²) in [6.45, 7) is 1.85. The number of rotatable bonds is 5. The minimum atomic E-state index is -3.89. The van der Waals surface area contributed by atoms with Gasteiger partial charge in [0.2, 0.25) is 19.9 Å². The number of aryl methyl sites for hydroxylation is 1. The van der Waals surface area contributed by atoms with E-state index in [0.717, 1.165) is 5.56 Å². The van der Waals surface area contributed by atoms with Gasteiger partial charge in [0.1, 0.15) is 6.17 Å². The van der Waals surface area contributed by atoms with Crippen molar-refractivity contribution in [2.45, 2.75) is 48.2 Å². The third-order valence-electron chi connectivity index (χ3n) is 4.64. The summed E-state index contributed by atoms with van der Waals surface area (Å²) in [7, 11) is -7.75. The Bertz CT molecular complexity index is 1060. The van der Waals surface area contributed by atoms with Crippen LogP contribution in [0.3, 0.4) is 0 Å². The third-order valence-corrected chi connectivity index (χ3v) is 8.03. The highest BCUT2D eigenvalue weighted by molar-refractivity contribution is 7.95. The van der Waals surface area contributed by atoms with Crippen LogP contribution in [0.2, 0.25) is 0 Å². The van der Waals surface area contributed by atoms with E-state index >= 15 is 0 Å². The number of sulfone groups is 1. The molecule has 3 rings (SSSR count). The first-order chi connectivity index (χ1) is 13.2. The van der Waals surface area contributed by atoms with Crippen LogP contribution in [0, 0.1) is 6.92 Å². The summed E-state index contributed by atoms with van der Waals surface area (Å²) in [6, 6.07) is 13.3. The first-order valence-electron chi connectivity index (χ1n) is 8.92. The van der Waals surface area contributed by atoms with E-state index in [9.17, 15) is 21.2 Å². The van der Waals surface area contributed by atoms with Crippen LogP contribution in [0.5, 0.6) is 0 Å². The molecule has 0 amide bonds. The molecule has 0 spiro atoms. The Morgan fingerprint density at radius 2 is 1.54 bits per heavy atom. The van der Waals surface area contributed by atoms with Crippen molar-refractivity contribution in [2.75, 3.05) is 0 Å². The average Bonchev–Trinajstić information content (AvgIpc) is 2.84. The Morgan fingerprint density at radius 1 is 0.893 bits per heavy atom. The molecule has 0 bridgehead atoms. The van der Waals surface area contributed by atoms with Crippen LogP contribution in [0.25, 0.3) is 0 Å². The maximum Gasteiger partial charge on any atom is 0.241 e. The van der Waals surface area contributed by atoms with Gasteiger partial charge in [0.15, 0.2) is 0 Å². The lowest BCUT2D eigenvalue weighted by Gasteiger charge is -2.15. The van der Waals surface area contributed by atoms with Gasteiger partial charge in [-0.1, -0.05) is 42.0 Å². The quantitative estimate of drug-likeness (QED) is 0.798. The number of sulfonamides is 1. The van der Waals surface area contributed by atoms with Crippen molar-refractivity contribution in [3.05, 3.63) is 71.1 Å². The second-order valence-corrected chi connectivity index (χ2v) is 10.6. The Hall–Kier alpha value is -2.03. The Labute approximate surface area is 165 Å². The van der Waals surface area contributed by atoms with Crippen molar-refractivity contribution in [1.82, 2.24) is 4.72 Å². The van der Waals surface area contributed by atoms with E-state index in [1.165, 1.54) is 30.3 Å². The smallest absolute Gasteiger partial charge is 0.241 e. The van der Waals surface area contributed by atoms with E-state index in [-0.39, 0.29) is 34.0 Å². The van der Waals surface area contributed by atoms with Crippen molar-refractivity contribution >= 4 is 19.9 Å². The van der Waals surface area contributed by atoms with Crippen LogP contribution in [0.1, 0.15) is 24.8 Å². The Morgan fingerprint density at radius 3 is 2.18 bits per heavy atom. The largest absolute Gasteiger partial charge is 0.247 e. The van der Waals surface area contributed by atoms with Gasteiger partial charge in [0, 0.05) is 17.4 Å².